The average Bonchev–Trinajstić information content (AvgIpc) is 3.34. The van der Waals surface area contributed by atoms with E-state index in [-0.39, 0.29) is 23.3 Å². The molecular weight excluding hydrogens is 336 g/mol. The minimum atomic E-state index is -0.321. The van der Waals surface area contributed by atoms with Crippen LogP contribution < -0.4 is 0 Å². The minimum Gasteiger partial charge on any atom is -0.381 e. The molecule has 1 atom stereocenters. The third-order valence-electron chi connectivity index (χ3n) is 6.10. The second-order valence-electron chi connectivity index (χ2n) is 7.49. The molecule has 0 aliphatic carbocycles. The van der Waals surface area contributed by atoms with Gasteiger partial charge < -0.3 is 14.5 Å². The molecular formula is C19H26N2O3S. The van der Waals surface area contributed by atoms with Gasteiger partial charge in [-0.1, -0.05) is 6.07 Å². The van der Waals surface area contributed by atoms with E-state index < -0.39 is 0 Å². The van der Waals surface area contributed by atoms with Gasteiger partial charge in [-0.15, -0.1) is 11.3 Å². The van der Waals surface area contributed by atoms with Crippen molar-refractivity contribution in [2.24, 2.45) is 5.41 Å². The lowest BCUT2D eigenvalue weighted by Crippen LogP contribution is -2.62. The Labute approximate surface area is 152 Å². The lowest BCUT2D eigenvalue weighted by molar-refractivity contribution is -0.147. The van der Waals surface area contributed by atoms with Crippen molar-refractivity contribution < 1.29 is 14.3 Å². The van der Waals surface area contributed by atoms with Crippen molar-refractivity contribution in [2.75, 3.05) is 32.8 Å². The van der Waals surface area contributed by atoms with Crippen LogP contribution in [0.3, 0.4) is 0 Å². The van der Waals surface area contributed by atoms with Gasteiger partial charge in [0.05, 0.1) is 4.88 Å². The summed E-state index contributed by atoms with van der Waals surface area (Å²) < 4.78 is 5.59. The van der Waals surface area contributed by atoms with Gasteiger partial charge in [-0.3, -0.25) is 9.59 Å². The van der Waals surface area contributed by atoms with Gasteiger partial charge in [0.1, 0.15) is 6.04 Å². The van der Waals surface area contributed by atoms with E-state index in [0.29, 0.717) is 19.8 Å². The molecule has 1 aromatic rings. The van der Waals surface area contributed by atoms with Crippen molar-refractivity contribution in [1.82, 2.24) is 9.80 Å². The second-order valence-corrected chi connectivity index (χ2v) is 8.44. The van der Waals surface area contributed by atoms with Crippen LogP contribution in [0.25, 0.3) is 0 Å². The summed E-state index contributed by atoms with van der Waals surface area (Å²) in [7, 11) is 0. The van der Waals surface area contributed by atoms with Crippen LogP contribution in [0.15, 0.2) is 17.5 Å². The highest BCUT2D eigenvalue weighted by Crippen LogP contribution is 2.45. The molecule has 3 aliphatic rings. The summed E-state index contributed by atoms with van der Waals surface area (Å²) in [5, 5.41) is 1.93. The van der Waals surface area contributed by atoms with Crippen molar-refractivity contribution in [3.8, 4) is 0 Å². The number of ether oxygens (including phenoxy) is 1. The number of hydrogen-bond acceptors (Lipinski definition) is 4. The molecule has 6 heteroatoms. The Hall–Kier alpha value is -1.40. The van der Waals surface area contributed by atoms with E-state index in [9.17, 15) is 9.59 Å². The summed E-state index contributed by atoms with van der Waals surface area (Å²) in [6.45, 7) is 3.76. The molecule has 5 nitrogen and oxygen atoms in total. The van der Waals surface area contributed by atoms with Crippen LogP contribution in [0.1, 0.15) is 48.2 Å². The van der Waals surface area contributed by atoms with E-state index in [1.807, 2.05) is 27.3 Å². The maximum atomic E-state index is 13.5. The predicted octanol–water partition coefficient (Wildman–Crippen LogP) is 2.77. The Kier molecular flexibility index (Phi) is 4.82. The first-order chi connectivity index (χ1) is 12.2. The molecule has 3 fully saturated rings. The number of amides is 2. The number of likely N-dealkylation sites (tertiary alicyclic amines) is 2. The van der Waals surface area contributed by atoms with Gasteiger partial charge in [0.25, 0.3) is 5.91 Å². The molecule has 4 rings (SSSR count). The number of nitrogens with zero attached hydrogens (tertiary/aromatic N) is 2. The molecule has 1 spiro atoms. The van der Waals surface area contributed by atoms with E-state index in [2.05, 4.69) is 0 Å². The van der Waals surface area contributed by atoms with Crippen LogP contribution in [-0.4, -0.2) is 60.5 Å². The van der Waals surface area contributed by atoms with Crippen molar-refractivity contribution >= 4 is 23.2 Å². The number of carbonyl (C=O) groups excluding carboxylic acids is 2. The van der Waals surface area contributed by atoms with Crippen LogP contribution in [-0.2, 0) is 9.53 Å². The minimum absolute atomic E-state index is 0.0260. The lowest BCUT2D eigenvalue weighted by Gasteiger charge is -2.51. The van der Waals surface area contributed by atoms with E-state index >= 15 is 0 Å². The summed E-state index contributed by atoms with van der Waals surface area (Å²) in [6, 6.07) is 3.46. The zero-order valence-corrected chi connectivity index (χ0v) is 15.4. The zero-order valence-electron chi connectivity index (χ0n) is 14.6. The molecule has 0 aromatic carbocycles. The van der Waals surface area contributed by atoms with Crippen molar-refractivity contribution in [2.45, 2.75) is 44.6 Å². The quantitative estimate of drug-likeness (QED) is 0.813. The molecule has 3 aliphatic heterocycles. The highest BCUT2D eigenvalue weighted by molar-refractivity contribution is 7.12. The SMILES string of the molecule is O=C(C1N(C(=O)c2cccs2)CCCC12CCOCC2)N1CCCC1. The van der Waals surface area contributed by atoms with Gasteiger partial charge in [-0.2, -0.15) is 0 Å². The summed E-state index contributed by atoms with van der Waals surface area (Å²) in [6.07, 6.45) is 5.91. The van der Waals surface area contributed by atoms with Crippen LogP contribution in [0.4, 0.5) is 0 Å². The summed E-state index contributed by atoms with van der Waals surface area (Å²) in [4.78, 5) is 31.2. The summed E-state index contributed by atoms with van der Waals surface area (Å²) >= 11 is 1.46. The largest absolute Gasteiger partial charge is 0.381 e. The topological polar surface area (TPSA) is 49.9 Å². The van der Waals surface area contributed by atoms with Gasteiger partial charge >= 0.3 is 0 Å². The lowest BCUT2D eigenvalue weighted by atomic mass is 9.67. The first kappa shape index (κ1) is 17.0. The summed E-state index contributed by atoms with van der Waals surface area (Å²) in [5.74, 6) is 0.196. The van der Waals surface area contributed by atoms with Gasteiger partial charge in [0.2, 0.25) is 5.91 Å². The highest BCUT2D eigenvalue weighted by Gasteiger charge is 2.52. The molecule has 136 valence electrons. The van der Waals surface area contributed by atoms with E-state index in [4.69, 9.17) is 4.74 Å². The monoisotopic (exact) mass is 362 g/mol. The van der Waals surface area contributed by atoms with Gasteiger partial charge in [-0.05, 0) is 50.0 Å². The van der Waals surface area contributed by atoms with Crippen molar-refractivity contribution in [3.63, 3.8) is 0 Å². The molecule has 1 aromatic heterocycles. The number of piperidine rings is 1. The van der Waals surface area contributed by atoms with Gasteiger partial charge in [0, 0.05) is 38.3 Å². The fourth-order valence-corrected chi connectivity index (χ4v) is 5.44. The Balaban J connectivity index is 1.68. The molecule has 25 heavy (non-hydrogen) atoms. The molecule has 2 amide bonds. The molecule has 0 bridgehead atoms. The maximum Gasteiger partial charge on any atom is 0.264 e. The fourth-order valence-electron chi connectivity index (χ4n) is 4.77. The molecule has 4 heterocycles. The smallest absolute Gasteiger partial charge is 0.264 e. The molecule has 1 unspecified atom stereocenters. The van der Waals surface area contributed by atoms with E-state index in [0.717, 1.165) is 56.5 Å². The third kappa shape index (κ3) is 3.10. The highest BCUT2D eigenvalue weighted by atomic mass is 32.1. The number of carbonyl (C=O) groups is 2. The first-order valence-electron chi connectivity index (χ1n) is 9.42. The summed E-state index contributed by atoms with van der Waals surface area (Å²) in [5.41, 5.74) is -0.108. The van der Waals surface area contributed by atoms with Crippen LogP contribution in [0.5, 0.6) is 0 Å². The van der Waals surface area contributed by atoms with Crippen molar-refractivity contribution in [1.29, 1.82) is 0 Å². The average molecular weight is 362 g/mol. The van der Waals surface area contributed by atoms with Crippen LogP contribution in [0, 0.1) is 5.41 Å². The van der Waals surface area contributed by atoms with E-state index in [1.165, 1.54) is 11.3 Å². The molecule has 3 saturated heterocycles. The molecule has 0 saturated carbocycles. The fraction of sp³-hybridized carbons (Fsp3) is 0.684. The van der Waals surface area contributed by atoms with Crippen molar-refractivity contribution in [3.05, 3.63) is 22.4 Å². The first-order valence-corrected chi connectivity index (χ1v) is 10.3. The number of thiophene rings is 1. The second kappa shape index (κ2) is 7.08. The number of hydrogen-bond donors (Lipinski definition) is 0. The normalized spacial score (nSPS) is 26.2. The predicted molar refractivity (Wildman–Crippen MR) is 96.7 cm³/mol. The maximum absolute atomic E-state index is 13.5. The standard InChI is InChI=1S/C19H26N2O3S/c22-17(15-5-3-14-25-15)21-11-4-6-19(7-12-24-13-8-19)16(21)18(23)20-9-1-2-10-20/h3,5,14,16H,1-2,4,6-13H2. The van der Waals surface area contributed by atoms with Gasteiger partial charge in [0.15, 0.2) is 0 Å². The van der Waals surface area contributed by atoms with E-state index in [1.54, 1.807) is 0 Å². The van der Waals surface area contributed by atoms with Gasteiger partial charge in [-0.25, -0.2) is 0 Å². The Morgan fingerprint density at radius 3 is 2.52 bits per heavy atom. The Morgan fingerprint density at radius 1 is 1.08 bits per heavy atom. The molecule has 0 radical (unpaired) electrons. The number of rotatable bonds is 2. The zero-order chi connectivity index (χ0) is 17.3. The Morgan fingerprint density at radius 2 is 1.84 bits per heavy atom. The Bertz CT molecular complexity index is 613. The molecule has 0 N–H and O–H groups in total. The van der Waals surface area contributed by atoms with Crippen LogP contribution in [0.2, 0.25) is 0 Å². The van der Waals surface area contributed by atoms with Crippen LogP contribution >= 0.6 is 11.3 Å². The third-order valence-corrected chi connectivity index (χ3v) is 6.96.